The van der Waals surface area contributed by atoms with Crippen LogP contribution in [0.2, 0.25) is 0 Å². The van der Waals surface area contributed by atoms with Crippen molar-refractivity contribution in [3.05, 3.63) is 244 Å². The number of carbonyl (C=O) groups is 7. The van der Waals surface area contributed by atoms with Gasteiger partial charge in [-0.15, -0.1) is 0 Å². The van der Waals surface area contributed by atoms with Gasteiger partial charge in [0.1, 0.15) is 23.0 Å². The van der Waals surface area contributed by atoms with E-state index in [-0.39, 0.29) is 73.9 Å². The first kappa shape index (κ1) is 108. The summed E-state index contributed by atoms with van der Waals surface area (Å²) in [5, 5.41) is 26.2. The van der Waals surface area contributed by atoms with Gasteiger partial charge in [-0.1, -0.05) is 129 Å². The van der Waals surface area contributed by atoms with E-state index in [2.05, 4.69) is 79.6 Å². The molecule has 6 aliphatic rings. The predicted molar refractivity (Wildman–Crippen MR) is 565 cm³/mol. The van der Waals surface area contributed by atoms with Crippen LogP contribution in [0.15, 0.2) is 161 Å². The van der Waals surface area contributed by atoms with Crippen molar-refractivity contribution in [2.45, 2.75) is 270 Å². The van der Waals surface area contributed by atoms with Crippen LogP contribution in [0.1, 0.15) is 267 Å². The van der Waals surface area contributed by atoms with E-state index in [1.165, 1.54) is 40.5 Å². The molecule has 0 saturated heterocycles. The Hall–Kier alpha value is -13.8. The number of fused-ring (bicyclic) bond motifs is 11. The van der Waals surface area contributed by atoms with E-state index in [0.29, 0.717) is 124 Å². The molecule has 0 unspecified atom stereocenters. The molecule has 4 aliphatic heterocycles. The molecule has 16 rings (SSSR count). The average Bonchev–Trinajstić information content (AvgIpc) is 1.50. The predicted octanol–water partition coefficient (Wildman–Crippen LogP) is 23.1. The number of allylic oxidation sites excluding steroid dienone is 8. The van der Waals surface area contributed by atoms with Crippen LogP contribution in [-0.4, -0.2) is 121 Å². The van der Waals surface area contributed by atoms with Crippen molar-refractivity contribution in [3.63, 3.8) is 0 Å². The maximum Gasteiger partial charge on any atom is 0.338 e. The fourth-order valence-corrected chi connectivity index (χ4v) is 20.5. The first-order chi connectivity index (χ1) is 69.7. The molecule has 766 valence electrons. The molecule has 6 heterocycles. The van der Waals surface area contributed by atoms with E-state index in [9.17, 15) is 43.8 Å². The van der Waals surface area contributed by atoms with Crippen molar-refractivity contribution in [1.82, 2.24) is 0 Å². The summed E-state index contributed by atoms with van der Waals surface area (Å²) in [6, 6.07) is 34.0. The largest absolute Gasteiger partial charge is 0.508 e. The number of aromatic hydroxyl groups is 2. The molecule has 23 heteroatoms. The van der Waals surface area contributed by atoms with Gasteiger partial charge in [-0.2, -0.15) is 9.13 Å². The van der Waals surface area contributed by atoms with Crippen LogP contribution in [0.25, 0.3) is 55.7 Å². The van der Waals surface area contributed by atoms with E-state index in [1.807, 2.05) is 86.6 Å². The van der Waals surface area contributed by atoms with Crippen molar-refractivity contribution in [1.29, 1.82) is 0 Å². The number of aryl methyl sites for hydroxylation is 8. The highest BCUT2D eigenvalue weighted by atomic mass is 16.7. The van der Waals surface area contributed by atoms with Crippen molar-refractivity contribution in [2.24, 2.45) is 0 Å². The van der Waals surface area contributed by atoms with Gasteiger partial charge in [0.15, 0.2) is 94.6 Å². The number of pyridine rings is 2. The molecule has 8 aromatic carbocycles. The van der Waals surface area contributed by atoms with Gasteiger partial charge in [0.2, 0.25) is 18.2 Å². The van der Waals surface area contributed by atoms with Crippen molar-refractivity contribution < 1.29 is 110 Å². The first-order valence-electron chi connectivity index (χ1n) is 51.2. The number of unbranched alkanes of at least 4 members (excludes halogenated alkanes) is 15. The summed E-state index contributed by atoms with van der Waals surface area (Å²) < 4.78 is 73.7. The lowest BCUT2D eigenvalue weighted by Gasteiger charge is -2.24. The molecule has 0 radical (unpaired) electrons. The number of hydrogen-bond donors (Lipinski definition) is 2. The summed E-state index contributed by atoms with van der Waals surface area (Å²) in [7, 11) is 9.72. The quantitative estimate of drug-likeness (QED) is 0.00898. The average molecular weight is 1970 g/mol. The molecule has 10 aromatic rings. The topological polar surface area (TPSA) is 278 Å². The molecule has 0 spiro atoms. The van der Waals surface area contributed by atoms with Crippen LogP contribution < -0.4 is 62.2 Å². The molecule has 2 aliphatic carbocycles. The summed E-state index contributed by atoms with van der Waals surface area (Å²) in [4.78, 5) is 89.4. The Bertz CT molecular complexity index is 6860. The van der Waals surface area contributed by atoms with E-state index < -0.39 is 0 Å². The molecule has 145 heavy (non-hydrogen) atoms. The highest BCUT2D eigenvalue weighted by Crippen LogP contribution is 2.48. The van der Waals surface area contributed by atoms with Crippen molar-refractivity contribution >= 4 is 74.2 Å². The summed E-state index contributed by atoms with van der Waals surface area (Å²) in [5.74, 6) is 6.43. The molecule has 23 nitrogen and oxygen atoms in total. The van der Waals surface area contributed by atoms with Crippen LogP contribution in [0.3, 0.4) is 0 Å². The molecule has 0 fully saturated rings. The maximum absolute atomic E-state index is 13.7. The van der Waals surface area contributed by atoms with Gasteiger partial charge in [-0.05, 0) is 278 Å². The highest BCUT2D eigenvalue weighted by molar-refractivity contribution is 6.23. The lowest BCUT2D eigenvalue weighted by molar-refractivity contribution is -0.686. The molecule has 0 bridgehead atoms. The summed E-state index contributed by atoms with van der Waals surface area (Å²) in [5.41, 5.74) is 20.8. The van der Waals surface area contributed by atoms with Crippen LogP contribution in [0.4, 0.5) is 0 Å². The van der Waals surface area contributed by atoms with Crippen molar-refractivity contribution in [2.75, 3.05) is 69.3 Å². The van der Waals surface area contributed by atoms with E-state index in [4.69, 9.17) is 56.8 Å². The Balaban J connectivity index is 0.000000182. The van der Waals surface area contributed by atoms with E-state index >= 15 is 0 Å². The molecular formula is C122H144N2O21+2. The number of benzene rings is 8. The fourth-order valence-electron chi connectivity index (χ4n) is 20.5. The van der Waals surface area contributed by atoms with Crippen LogP contribution in [0, 0.1) is 27.7 Å². The maximum atomic E-state index is 13.7. The van der Waals surface area contributed by atoms with Gasteiger partial charge >= 0.3 is 17.9 Å². The Kier molecular flexibility index (Phi) is 37.8. The zero-order valence-corrected chi connectivity index (χ0v) is 86.8. The van der Waals surface area contributed by atoms with Crippen LogP contribution >= 0.6 is 0 Å². The zero-order valence-electron chi connectivity index (χ0n) is 86.8. The monoisotopic (exact) mass is 1970 g/mol. The Morgan fingerprint density at radius 2 is 0.910 bits per heavy atom. The lowest BCUT2D eigenvalue weighted by atomic mass is 9.87. The summed E-state index contributed by atoms with van der Waals surface area (Å²) >= 11 is 0. The third-order valence-corrected chi connectivity index (χ3v) is 29.0. The second-order valence-electron chi connectivity index (χ2n) is 38.3. The Morgan fingerprint density at radius 3 is 1.43 bits per heavy atom. The summed E-state index contributed by atoms with van der Waals surface area (Å²) in [6.07, 6.45) is 33.5. The number of carbonyl (C=O) groups excluding carboxylic acids is 7. The minimum atomic E-state index is -0.297. The number of phenols is 2. The van der Waals surface area contributed by atoms with E-state index in [0.717, 1.165) is 276 Å². The number of methoxy groups -OCH3 is 6. The number of ketones is 4. The number of esters is 3. The lowest BCUT2D eigenvalue weighted by Crippen LogP contribution is -2.41. The molecule has 0 amide bonds. The normalized spacial score (nSPS) is 13.7. The second kappa shape index (κ2) is 50.6. The number of nitrogens with zero attached hydrogens (tertiary/aromatic N) is 2. The van der Waals surface area contributed by atoms with Crippen molar-refractivity contribution in [3.8, 4) is 91.5 Å². The molecule has 0 saturated carbocycles. The fraction of sp³-hybridized carbons (Fsp3) is 0.418. The highest BCUT2D eigenvalue weighted by Gasteiger charge is 2.37. The van der Waals surface area contributed by atoms with Gasteiger partial charge in [-0.3, -0.25) is 28.8 Å². The van der Waals surface area contributed by atoms with Crippen LogP contribution in [0.5, 0.6) is 69.0 Å². The molecular weight excluding hydrogens is 1830 g/mol. The summed E-state index contributed by atoms with van der Waals surface area (Å²) in [6.45, 7) is 21.9. The number of ether oxygens (including phenoxy) is 12. The zero-order chi connectivity index (χ0) is 103. The number of rotatable bonds is 42. The van der Waals surface area contributed by atoms with Crippen LogP contribution in [-0.2, 0) is 94.6 Å². The minimum Gasteiger partial charge on any atom is -0.508 e. The Morgan fingerprint density at radius 1 is 0.428 bits per heavy atom. The van der Waals surface area contributed by atoms with Gasteiger partial charge in [-0.25, -0.2) is 4.79 Å². The smallest absolute Gasteiger partial charge is 0.338 e. The molecule has 0 atom stereocenters. The number of aromatic nitrogens is 2. The molecule has 2 N–H and O–H groups in total. The van der Waals surface area contributed by atoms with E-state index in [1.54, 1.807) is 76.4 Å². The number of hydrogen-bond acceptors (Lipinski definition) is 21. The third-order valence-electron chi connectivity index (χ3n) is 29.0. The number of phenolic OH excluding ortho intramolecular Hbond substituents is 2. The SMILES string of the molecule is C.CC/C=c1/cc2c(cc1C)=C(c1ccccc1C(=O)OCCCCCCCCCCc1cc(O)c(C)c(C)c1O)c1cc(C)c(CCC)cc1O2.COc1cc2c(cc1OC)-c1c(CC(=O)OCCCCCCCC3=CC(=O)C(C)=C(C)C3=O)c3ccc(OC)c(OC)c3c[n+]1CC2.COc1ccc2c(CC(=O)OCCCCCCCC3=CC(=O)C(C)=C(C)C3=O)c3[n+](cc2c1OC)CCc1cc2c(cc1-3)OCO2. The third kappa shape index (κ3) is 24.9. The Labute approximate surface area is 853 Å². The van der Waals surface area contributed by atoms with Gasteiger partial charge in [0.05, 0.1) is 103 Å². The standard InChI is InChI=1S/C46H56O5.C38H44NO8.C37H40NO8.CH4/c1-7-19-34-28-42-39(25-30(34)3)44(40-26-31(4)35(20-8-2)29-43(40)51-42)37-22-16-17-23-38(37)46(49)50-24-18-14-12-10-9-11-13-15-21-36-27-41(47)32(5)33(6)45(36)48;1-23-24(2)37(42)26(18-31(23)40)12-10-8-7-9-11-17-47-35(41)21-29-27-13-14-32(43-3)38(46-6)30(27)22-39-16-15-25-19-33(44-4)34(45-5)20-28(25)36(29)39;1-22-23(2)36(41)25(16-30(22)39)10-8-6-5-7-9-15-44-34(40)19-28-26-11-12-31(42-3)37(43-4)29(26)20-38-14-13-24-17-32-33(46-21-45-32)18-27(24)35(28)38;/h16-17,19,22-23,25-29,47-48H,7-15,18,20-21,24H2,1-6H3;13-14,18-20,22H,7-12,15-17,21H2,1-6H3;11-12,16-18,20H,5-10,13-15,19,21H2,1-4H3;1H4/q;2*+1;/b34-19-;;;. The van der Waals surface area contributed by atoms with Gasteiger partial charge < -0.3 is 67.1 Å². The van der Waals surface area contributed by atoms with Gasteiger partial charge in [0, 0.05) is 84.5 Å². The molecule has 2 aromatic heterocycles. The second-order valence-corrected chi connectivity index (χ2v) is 38.3. The van der Waals surface area contributed by atoms with Gasteiger partial charge in [0.25, 0.3) is 0 Å². The number of Topliss-reactive ketones (excluding diaryl/α,β-unsaturated/α-hetero) is 2. The minimum absolute atomic E-state index is 0. The first-order valence-corrected chi connectivity index (χ1v) is 51.2.